The lowest BCUT2D eigenvalue weighted by molar-refractivity contribution is 0.247. The van der Waals surface area contributed by atoms with Gasteiger partial charge in [0.2, 0.25) is 20.0 Å². The van der Waals surface area contributed by atoms with Gasteiger partial charge in [0.1, 0.15) is 16.5 Å². The molecule has 142 valence electrons. The number of anilines is 1. The van der Waals surface area contributed by atoms with Gasteiger partial charge in [-0.1, -0.05) is 6.42 Å². The maximum atomic E-state index is 14.5. The van der Waals surface area contributed by atoms with Crippen molar-refractivity contribution in [2.75, 3.05) is 17.5 Å². The van der Waals surface area contributed by atoms with Crippen molar-refractivity contribution in [1.29, 1.82) is 0 Å². The van der Waals surface area contributed by atoms with Crippen LogP contribution in [0.5, 0.6) is 0 Å². The number of imidazole rings is 1. The Kier molecular flexibility index (Phi) is 5.04. The smallest absolute Gasteiger partial charge is 0.246 e. The molecule has 2 heterocycles. The van der Waals surface area contributed by atoms with E-state index in [0.717, 1.165) is 24.8 Å². The Morgan fingerprint density at radius 2 is 2.04 bits per heavy atom. The molecule has 2 N–H and O–H groups in total. The third-order valence-corrected chi connectivity index (χ3v) is 6.66. The van der Waals surface area contributed by atoms with Crippen LogP contribution < -0.4 is 4.72 Å². The lowest BCUT2D eigenvalue weighted by Gasteiger charge is -2.33. The van der Waals surface area contributed by atoms with Gasteiger partial charge in [0.05, 0.1) is 18.0 Å². The number of aromatic nitrogens is 2. The van der Waals surface area contributed by atoms with Gasteiger partial charge in [-0.25, -0.2) is 26.2 Å². The summed E-state index contributed by atoms with van der Waals surface area (Å²) in [6, 6.07) is 2.67. The van der Waals surface area contributed by atoms with Crippen LogP contribution in [0.3, 0.4) is 0 Å². The third-order valence-electron chi connectivity index (χ3n) is 4.11. The van der Waals surface area contributed by atoms with E-state index in [0.29, 0.717) is 18.7 Å². The molecular formula is C15H19FN4O4S2. The summed E-state index contributed by atoms with van der Waals surface area (Å²) in [5.41, 5.74) is -0.0369. The normalized spacial score (nSPS) is 19.4. The summed E-state index contributed by atoms with van der Waals surface area (Å²) in [6.07, 6.45) is 6.18. The first-order chi connectivity index (χ1) is 12.2. The highest BCUT2D eigenvalue weighted by Crippen LogP contribution is 2.35. The Hall–Kier alpha value is -1.98. The molecule has 1 aliphatic rings. The quantitative estimate of drug-likeness (QED) is 0.792. The molecule has 1 fully saturated rings. The molecule has 8 nitrogen and oxygen atoms in total. The monoisotopic (exact) mass is 402 g/mol. The largest absolute Gasteiger partial charge is 0.347 e. The van der Waals surface area contributed by atoms with Gasteiger partial charge < -0.3 is 4.98 Å². The molecule has 0 radical (unpaired) electrons. The average molecular weight is 402 g/mol. The van der Waals surface area contributed by atoms with Gasteiger partial charge in [0.25, 0.3) is 0 Å². The number of H-pyrrole nitrogens is 1. The van der Waals surface area contributed by atoms with Crippen molar-refractivity contribution in [1.82, 2.24) is 14.3 Å². The highest BCUT2D eigenvalue weighted by atomic mass is 32.2. The molecule has 1 unspecified atom stereocenters. The fourth-order valence-corrected chi connectivity index (χ4v) is 5.30. The molecule has 0 amide bonds. The Balaban J connectivity index is 1.96. The summed E-state index contributed by atoms with van der Waals surface area (Å²) < 4.78 is 66.4. The zero-order valence-corrected chi connectivity index (χ0v) is 15.6. The first-order valence-corrected chi connectivity index (χ1v) is 11.3. The molecule has 1 aromatic heterocycles. The number of rotatable bonds is 5. The molecule has 1 saturated heterocycles. The van der Waals surface area contributed by atoms with Gasteiger partial charge in [-0.3, -0.25) is 4.72 Å². The van der Waals surface area contributed by atoms with Crippen LogP contribution >= 0.6 is 0 Å². The van der Waals surface area contributed by atoms with Crippen molar-refractivity contribution in [3.05, 3.63) is 42.2 Å². The molecule has 26 heavy (non-hydrogen) atoms. The van der Waals surface area contributed by atoms with Crippen molar-refractivity contribution in [2.45, 2.75) is 30.2 Å². The fraction of sp³-hybridized carbons (Fsp3) is 0.400. The predicted octanol–water partition coefficient (Wildman–Crippen LogP) is 1.84. The highest BCUT2D eigenvalue weighted by Gasteiger charge is 2.37. The van der Waals surface area contributed by atoms with E-state index >= 15 is 0 Å². The van der Waals surface area contributed by atoms with Crippen molar-refractivity contribution < 1.29 is 21.2 Å². The zero-order valence-electron chi connectivity index (χ0n) is 14.0. The van der Waals surface area contributed by atoms with Crippen LogP contribution in [0.1, 0.15) is 31.1 Å². The van der Waals surface area contributed by atoms with E-state index in [4.69, 9.17) is 0 Å². The van der Waals surface area contributed by atoms with Crippen molar-refractivity contribution >= 4 is 25.7 Å². The molecule has 2 aromatic rings. The lowest BCUT2D eigenvalue weighted by Crippen LogP contribution is -2.39. The van der Waals surface area contributed by atoms with Gasteiger partial charge in [0, 0.05) is 18.9 Å². The first-order valence-electron chi connectivity index (χ1n) is 7.97. The Morgan fingerprint density at radius 1 is 1.27 bits per heavy atom. The summed E-state index contributed by atoms with van der Waals surface area (Å²) in [5, 5.41) is 0. The van der Waals surface area contributed by atoms with Gasteiger partial charge in [-0.2, -0.15) is 4.31 Å². The molecule has 1 atom stereocenters. The maximum Gasteiger partial charge on any atom is 0.246 e. The van der Waals surface area contributed by atoms with E-state index in [2.05, 4.69) is 14.7 Å². The molecule has 0 spiro atoms. The van der Waals surface area contributed by atoms with Crippen molar-refractivity contribution in [2.24, 2.45) is 0 Å². The SMILES string of the molecule is CS(=O)(=O)Nc1ccc(S(=O)(=O)N2CCCCC2c2ncc[nH]2)c(F)c1. The molecular weight excluding hydrogens is 383 g/mol. The third kappa shape index (κ3) is 3.89. The summed E-state index contributed by atoms with van der Waals surface area (Å²) in [5.74, 6) is -0.494. The van der Waals surface area contributed by atoms with E-state index < -0.39 is 36.8 Å². The van der Waals surface area contributed by atoms with Gasteiger partial charge in [-0.15, -0.1) is 0 Å². The highest BCUT2D eigenvalue weighted by molar-refractivity contribution is 7.92. The van der Waals surface area contributed by atoms with E-state index in [1.807, 2.05) is 0 Å². The minimum atomic E-state index is -4.11. The summed E-state index contributed by atoms with van der Waals surface area (Å²) >= 11 is 0. The number of piperidine rings is 1. The van der Waals surface area contributed by atoms with Crippen LogP contribution in [0.4, 0.5) is 10.1 Å². The Morgan fingerprint density at radius 3 is 2.65 bits per heavy atom. The minimum Gasteiger partial charge on any atom is -0.347 e. The number of halogens is 1. The van der Waals surface area contributed by atoms with Crippen molar-refractivity contribution in [3.63, 3.8) is 0 Å². The average Bonchev–Trinajstić information content (AvgIpc) is 3.07. The second kappa shape index (κ2) is 6.97. The molecule has 11 heteroatoms. The standard InChI is InChI=1S/C15H19FN4O4S2/c1-25(21,22)19-11-5-6-14(12(16)10-11)26(23,24)20-9-3-2-4-13(20)15-17-7-8-18-15/h5-8,10,13,19H,2-4,9H2,1H3,(H,17,18). The Labute approximate surface area is 151 Å². The van der Waals surface area contributed by atoms with Gasteiger partial charge in [0.15, 0.2) is 0 Å². The molecule has 0 aliphatic carbocycles. The second-order valence-corrected chi connectivity index (χ2v) is 9.73. The van der Waals surface area contributed by atoms with Crippen LogP contribution in [-0.4, -0.2) is 43.9 Å². The van der Waals surface area contributed by atoms with Crippen molar-refractivity contribution in [3.8, 4) is 0 Å². The number of hydrogen-bond acceptors (Lipinski definition) is 5. The number of nitrogens with one attached hydrogen (secondary N) is 2. The van der Waals surface area contributed by atoms with Crippen LogP contribution in [0, 0.1) is 5.82 Å². The molecule has 0 saturated carbocycles. The topological polar surface area (TPSA) is 112 Å². The van der Waals surface area contributed by atoms with E-state index in [9.17, 15) is 21.2 Å². The number of aromatic amines is 1. The number of nitrogens with zero attached hydrogens (tertiary/aromatic N) is 2. The van der Waals surface area contributed by atoms with E-state index in [-0.39, 0.29) is 12.2 Å². The Bertz CT molecular complexity index is 991. The zero-order chi connectivity index (χ0) is 18.9. The second-order valence-electron chi connectivity index (χ2n) is 6.12. The summed E-state index contributed by atoms with van der Waals surface area (Å²) in [7, 11) is -7.70. The molecule has 0 bridgehead atoms. The van der Waals surface area contributed by atoms with E-state index in [1.54, 1.807) is 12.4 Å². The van der Waals surface area contributed by atoms with Crippen LogP contribution in [0.15, 0.2) is 35.5 Å². The molecule has 3 rings (SSSR count). The van der Waals surface area contributed by atoms with Crippen LogP contribution in [0.2, 0.25) is 0 Å². The molecule has 1 aliphatic heterocycles. The summed E-state index contributed by atoms with van der Waals surface area (Å²) in [4.78, 5) is 6.57. The van der Waals surface area contributed by atoms with Gasteiger partial charge >= 0.3 is 0 Å². The number of benzene rings is 1. The van der Waals surface area contributed by atoms with Gasteiger partial charge in [-0.05, 0) is 31.0 Å². The van der Waals surface area contributed by atoms with E-state index in [1.165, 1.54) is 10.4 Å². The summed E-state index contributed by atoms with van der Waals surface area (Å²) in [6.45, 7) is 0.260. The van der Waals surface area contributed by atoms with Crippen LogP contribution in [-0.2, 0) is 20.0 Å². The minimum absolute atomic E-state index is 0.0369. The molecule has 1 aromatic carbocycles. The number of sulfonamides is 2. The fourth-order valence-electron chi connectivity index (χ4n) is 3.04. The van der Waals surface area contributed by atoms with Crippen LogP contribution in [0.25, 0.3) is 0 Å². The first kappa shape index (κ1) is 18.8. The number of hydrogen-bond donors (Lipinski definition) is 2. The maximum absolute atomic E-state index is 14.5. The lowest BCUT2D eigenvalue weighted by atomic mass is 10.0. The predicted molar refractivity (Wildman–Crippen MR) is 93.9 cm³/mol.